The summed E-state index contributed by atoms with van der Waals surface area (Å²) in [6.45, 7) is 0. The minimum Gasteiger partial charge on any atom is -0.292 e. The largest absolute Gasteiger partial charge is 0.292 e. The summed E-state index contributed by atoms with van der Waals surface area (Å²) in [5, 5.41) is 2.05. The molecule has 18 heavy (non-hydrogen) atoms. The Hall–Kier alpha value is -2.13. The number of rotatable bonds is 2. The molecule has 0 aliphatic heterocycles. The molecule has 0 spiro atoms. The van der Waals surface area contributed by atoms with E-state index in [0.29, 0.717) is 0 Å². The predicted octanol–water partition coefficient (Wildman–Crippen LogP) is 3.77. The van der Waals surface area contributed by atoms with E-state index in [-0.39, 0.29) is 0 Å². The van der Waals surface area contributed by atoms with Gasteiger partial charge in [0.2, 0.25) is 0 Å². The lowest BCUT2D eigenvalue weighted by atomic mass is 10.3. The lowest BCUT2D eigenvalue weighted by Gasteiger charge is -2.01. The SMILES string of the molecule is c1ccc(N=c2sccn2-c2ccccc2)cc1. The van der Waals surface area contributed by atoms with E-state index in [1.54, 1.807) is 11.3 Å². The van der Waals surface area contributed by atoms with Crippen molar-refractivity contribution in [3.05, 3.63) is 77.0 Å². The molecule has 3 aromatic rings. The summed E-state index contributed by atoms with van der Waals surface area (Å²) in [6.07, 6.45) is 2.04. The molecule has 0 saturated carbocycles. The molecule has 0 unspecified atom stereocenters. The van der Waals surface area contributed by atoms with Gasteiger partial charge in [-0.2, -0.15) is 0 Å². The molecule has 0 saturated heterocycles. The van der Waals surface area contributed by atoms with E-state index in [1.807, 2.05) is 54.7 Å². The third-order valence-electron chi connectivity index (χ3n) is 2.60. The summed E-state index contributed by atoms with van der Waals surface area (Å²) in [6, 6.07) is 20.3. The summed E-state index contributed by atoms with van der Waals surface area (Å²) >= 11 is 1.64. The molecule has 0 aliphatic carbocycles. The van der Waals surface area contributed by atoms with Crippen LogP contribution in [0.1, 0.15) is 0 Å². The highest BCUT2D eigenvalue weighted by atomic mass is 32.1. The van der Waals surface area contributed by atoms with Gasteiger partial charge in [0.1, 0.15) is 0 Å². The lowest BCUT2D eigenvalue weighted by Crippen LogP contribution is -2.10. The van der Waals surface area contributed by atoms with Crippen LogP contribution in [0.4, 0.5) is 5.69 Å². The molecule has 0 radical (unpaired) electrons. The Morgan fingerprint density at radius 1 is 0.833 bits per heavy atom. The van der Waals surface area contributed by atoms with Crippen molar-refractivity contribution in [1.29, 1.82) is 0 Å². The molecule has 1 aromatic heterocycles. The monoisotopic (exact) mass is 252 g/mol. The first-order valence-electron chi connectivity index (χ1n) is 5.75. The zero-order valence-corrected chi connectivity index (χ0v) is 10.5. The van der Waals surface area contributed by atoms with Crippen molar-refractivity contribution in [3.63, 3.8) is 0 Å². The van der Waals surface area contributed by atoms with Gasteiger partial charge in [-0.25, -0.2) is 4.99 Å². The summed E-state index contributed by atoms with van der Waals surface area (Å²) < 4.78 is 2.09. The average Bonchev–Trinajstić information content (AvgIpc) is 2.89. The molecule has 2 aromatic carbocycles. The van der Waals surface area contributed by atoms with Crippen LogP contribution >= 0.6 is 11.3 Å². The maximum Gasteiger partial charge on any atom is 0.194 e. The fourth-order valence-corrected chi connectivity index (χ4v) is 2.49. The molecule has 0 aliphatic rings. The number of benzene rings is 2. The van der Waals surface area contributed by atoms with Crippen LogP contribution in [0.15, 0.2) is 77.2 Å². The second-order valence-electron chi connectivity index (χ2n) is 3.84. The Bertz CT molecular complexity index is 681. The van der Waals surface area contributed by atoms with Gasteiger partial charge in [0.15, 0.2) is 4.80 Å². The van der Waals surface area contributed by atoms with Gasteiger partial charge >= 0.3 is 0 Å². The minimum absolute atomic E-state index is 0.977. The van der Waals surface area contributed by atoms with Crippen molar-refractivity contribution in [2.45, 2.75) is 0 Å². The first kappa shape index (κ1) is 11.0. The van der Waals surface area contributed by atoms with E-state index in [9.17, 15) is 0 Å². The van der Waals surface area contributed by atoms with E-state index in [1.165, 1.54) is 0 Å². The van der Waals surface area contributed by atoms with Crippen LogP contribution in [0.2, 0.25) is 0 Å². The van der Waals surface area contributed by atoms with Gasteiger partial charge in [0.05, 0.1) is 5.69 Å². The van der Waals surface area contributed by atoms with Crippen molar-refractivity contribution in [3.8, 4) is 5.69 Å². The number of aromatic nitrogens is 1. The average molecular weight is 252 g/mol. The van der Waals surface area contributed by atoms with Gasteiger partial charge in [0.25, 0.3) is 0 Å². The van der Waals surface area contributed by atoms with Crippen molar-refractivity contribution < 1.29 is 0 Å². The van der Waals surface area contributed by atoms with E-state index in [2.05, 4.69) is 27.1 Å². The van der Waals surface area contributed by atoms with Gasteiger partial charge in [0, 0.05) is 17.3 Å². The minimum atomic E-state index is 0.977. The third-order valence-corrected chi connectivity index (χ3v) is 3.36. The maximum atomic E-state index is 4.66. The first-order valence-corrected chi connectivity index (χ1v) is 6.63. The van der Waals surface area contributed by atoms with Crippen LogP contribution in [0.5, 0.6) is 0 Å². The molecule has 88 valence electrons. The molecule has 0 atom stereocenters. The van der Waals surface area contributed by atoms with Crippen molar-refractivity contribution >= 4 is 17.0 Å². The first-order chi connectivity index (χ1) is 8.93. The van der Waals surface area contributed by atoms with Gasteiger partial charge in [-0.15, -0.1) is 11.3 Å². The molecule has 0 bridgehead atoms. The summed E-state index contributed by atoms with van der Waals surface area (Å²) in [5.41, 5.74) is 2.11. The summed E-state index contributed by atoms with van der Waals surface area (Å²) in [7, 11) is 0. The Balaban J connectivity index is 2.11. The van der Waals surface area contributed by atoms with E-state index in [4.69, 9.17) is 0 Å². The highest BCUT2D eigenvalue weighted by Gasteiger charge is 1.97. The topological polar surface area (TPSA) is 17.3 Å². The second kappa shape index (κ2) is 5.02. The number of para-hydroxylation sites is 2. The lowest BCUT2D eigenvalue weighted by molar-refractivity contribution is 1.00. The quantitative estimate of drug-likeness (QED) is 0.660. The smallest absolute Gasteiger partial charge is 0.194 e. The highest BCUT2D eigenvalue weighted by molar-refractivity contribution is 7.07. The molecule has 0 N–H and O–H groups in total. The normalized spacial score (nSPS) is 11.7. The van der Waals surface area contributed by atoms with Crippen LogP contribution in [0, 0.1) is 0 Å². The fraction of sp³-hybridized carbons (Fsp3) is 0. The Morgan fingerprint density at radius 2 is 1.50 bits per heavy atom. The van der Waals surface area contributed by atoms with Crippen LogP contribution in [0.3, 0.4) is 0 Å². The number of nitrogens with zero attached hydrogens (tertiary/aromatic N) is 2. The van der Waals surface area contributed by atoms with E-state index < -0.39 is 0 Å². The summed E-state index contributed by atoms with van der Waals surface area (Å²) in [4.78, 5) is 5.64. The molecule has 3 heteroatoms. The van der Waals surface area contributed by atoms with Crippen LogP contribution < -0.4 is 4.80 Å². The van der Waals surface area contributed by atoms with E-state index in [0.717, 1.165) is 16.2 Å². The Morgan fingerprint density at radius 3 is 2.22 bits per heavy atom. The van der Waals surface area contributed by atoms with Gasteiger partial charge in [-0.1, -0.05) is 36.4 Å². The zero-order chi connectivity index (χ0) is 12.2. The Kier molecular flexibility index (Phi) is 3.07. The molecule has 1 heterocycles. The number of hydrogen-bond donors (Lipinski definition) is 0. The molecular weight excluding hydrogens is 240 g/mol. The van der Waals surface area contributed by atoms with Gasteiger partial charge in [-0.3, -0.25) is 4.57 Å². The standard InChI is InChI=1S/C15H12N2S/c1-3-7-13(8-4-1)16-15-17(11-12-18-15)14-9-5-2-6-10-14/h1-12H. The Labute approximate surface area is 110 Å². The number of thiazole rings is 1. The van der Waals surface area contributed by atoms with Crippen LogP contribution in [-0.4, -0.2) is 4.57 Å². The van der Waals surface area contributed by atoms with Crippen molar-refractivity contribution in [2.75, 3.05) is 0 Å². The van der Waals surface area contributed by atoms with Crippen molar-refractivity contribution in [1.82, 2.24) is 4.57 Å². The van der Waals surface area contributed by atoms with Gasteiger partial charge < -0.3 is 0 Å². The third kappa shape index (κ3) is 2.26. The predicted molar refractivity (Wildman–Crippen MR) is 75.3 cm³/mol. The molecule has 2 nitrogen and oxygen atoms in total. The molecule has 0 amide bonds. The molecule has 3 rings (SSSR count). The van der Waals surface area contributed by atoms with Gasteiger partial charge in [-0.05, 0) is 24.3 Å². The molecular formula is C15H12N2S. The van der Waals surface area contributed by atoms with Crippen molar-refractivity contribution in [2.24, 2.45) is 4.99 Å². The number of hydrogen-bond acceptors (Lipinski definition) is 2. The fourth-order valence-electron chi connectivity index (χ4n) is 1.75. The maximum absolute atomic E-state index is 4.66. The zero-order valence-electron chi connectivity index (χ0n) is 9.73. The van der Waals surface area contributed by atoms with Crippen LogP contribution in [-0.2, 0) is 0 Å². The van der Waals surface area contributed by atoms with Crippen LogP contribution in [0.25, 0.3) is 5.69 Å². The second-order valence-corrected chi connectivity index (χ2v) is 4.71. The molecule has 0 fully saturated rings. The highest BCUT2D eigenvalue weighted by Crippen LogP contribution is 2.10. The van der Waals surface area contributed by atoms with E-state index >= 15 is 0 Å². The summed E-state index contributed by atoms with van der Waals surface area (Å²) in [5.74, 6) is 0.